The molecule has 1 aromatic carbocycles. The molecule has 2 N–H and O–H groups in total. The smallest absolute Gasteiger partial charge is 0.407 e. The average molecular weight is 246 g/mol. The van der Waals surface area contributed by atoms with Crippen molar-refractivity contribution in [2.24, 2.45) is 0 Å². The van der Waals surface area contributed by atoms with Gasteiger partial charge in [-0.3, -0.25) is 4.98 Å². The summed E-state index contributed by atoms with van der Waals surface area (Å²) in [5.41, 5.74) is 1.79. The lowest BCUT2D eigenvalue weighted by Crippen LogP contribution is -2.25. The molecule has 0 atom stereocenters. The van der Waals surface area contributed by atoms with E-state index in [-0.39, 0.29) is 13.2 Å². The molecule has 0 saturated carbocycles. The van der Waals surface area contributed by atoms with E-state index in [4.69, 9.17) is 9.84 Å². The van der Waals surface area contributed by atoms with Crippen LogP contribution in [0.5, 0.6) is 0 Å². The molecule has 0 bridgehead atoms. The summed E-state index contributed by atoms with van der Waals surface area (Å²) in [6.45, 7) is 0.168. The number of nitrogens with one attached hydrogen (secondary N) is 1. The molecule has 0 saturated heterocycles. The molecule has 18 heavy (non-hydrogen) atoms. The van der Waals surface area contributed by atoms with Crippen LogP contribution in [-0.4, -0.2) is 29.4 Å². The molecule has 0 radical (unpaired) electrons. The number of aliphatic hydroxyl groups excluding tert-OH is 1. The first-order valence-corrected chi connectivity index (χ1v) is 5.65. The highest BCUT2D eigenvalue weighted by Crippen LogP contribution is 2.15. The summed E-state index contributed by atoms with van der Waals surface area (Å²) in [7, 11) is 0. The Morgan fingerprint density at radius 3 is 3.00 bits per heavy atom. The highest BCUT2D eigenvalue weighted by Gasteiger charge is 2.04. The lowest BCUT2D eigenvalue weighted by atomic mass is 10.1. The van der Waals surface area contributed by atoms with Gasteiger partial charge in [0.1, 0.15) is 6.61 Å². The van der Waals surface area contributed by atoms with Crippen LogP contribution in [0.3, 0.4) is 0 Å². The van der Waals surface area contributed by atoms with E-state index in [1.165, 1.54) is 0 Å². The van der Waals surface area contributed by atoms with Crippen molar-refractivity contribution in [1.82, 2.24) is 10.3 Å². The molecule has 2 rings (SSSR count). The number of alkyl carbamates (subject to hydrolysis) is 1. The molecular formula is C13H14N2O3. The zero-order valence-corrected chi connectivity index (χ0v) is 9.80. The topological polar surface area (TPSA) is 71.5 Å². The molecule has 1 heterocycles. The zero-order valence-electron chi connectivity index (χ0n) is 9.80. The molecule has 5 nitrogen and oxygen atoms in total. The van der Waals surface area contributed by atoms with Crippen LogP contribution in [0.25, 0.3) is 10.9 Å². The fourth-order valence-corrected chi connectivity index (χ4v) is 1.67. The van der Waals surface area contributed by atoms with E-state index >= 15 is 0 Å². The van der Waals surface area contributed by atoms with E-state index < -0.39 is 6.09 Å². The second-order valence-electron chi connectivity index (χ2n) is 3.71. The highest BCUT2D eigenvalue weighted by atomic mass is 16.6. The molecular weight excluding hydrogens is 232 g/mol. The average Bonchev–Trinajstić information content (AvgIpc) is 2.42. The Labute approximate surface area is 104 Å². The van der Waals surface area contributed by atoms with Crippen LogP contribution in [-0.2, 0) is 11.3 Å². The van der Waals surface area contributed by atoms with Crippen molar-refractivity contribution < 1.29 is 14.6 Å². The minimum atomic E-state index is -0.544. The van der Waals surface area contributed by atoms with Gasteiger partial charge < -0.3 is 15.2 Å². The molecule has 0 unspecified atom stereocenters. The van der Waals surface area contributed by atoms with E-state index in [0.717, 1.165) is 16.5 Å². The van der Waals surface area contributed by atoms with Crippen LogP contribution in [0.2, 0.25) is 0 Å². The molecule has 1 amide bonds. The summed E-state index contributed by atoms with van der Waals surface area (Å²) in [6, 6.07) is 9.63. The summed E-state index contributed by atoms with van der Waals surface area (Å²) >= 11 is 0. The summed E-state index contributed by atoms with van der Waals surface area (Å²) in [5.74, 6) is 0. The molecule has 2 aromatic rings. The van der Waals surface area contributed by atoms with Crippen LogP contribution in [0.4, 0.5) is 4.79 Å². The Hall–Kier alpha value is -2.14. The second kappa shape index (κ2) is 5.97. The van der Waals surface area contributed by atoms with E-state index in [9.17, 15) is 4.79 Å². The van der Waals surface area contributed by atoms with Crippen LogP contribution in [0, 0.1) is 0 Å². The predicted octanol–water partition coefficient (Wildman–Crippen LogP) is 1.45. The number of aromatic nitrogens is 1. The van der Waals surface area contributed by atoms with Crippen LogP contribution >= 0.6 is 0 Å². The van der Waals surface area contributed by atoms with Gasteiger partial charge in [-0.25, -0.2) is 4.79 Å². The minimum absolute atomic E-state index is 0.000376. The Morgan fingerprint density at radius 1 is 1.33 bits per heavy atom. The van der Waals surface area contributed by atoms with Crippen LogP contribution in [0.1, 0.15) is 5.56 Å². The molecule has 0 aliphatic heterocycles. The molecule has 5 heteroatoms. The quantitative estimate of drug-likeness (QED) is 0.856. The number of hydrogen-bond acceptors (Lipinski definition) is 4. The van der Waals surface area contributed by atoms with E-state index in [1.807, 2.05) is 30.3 Å². The highest BCUT2D eigenvalue weighted by molar-refractivity contribution is 5.81. The number of carbonyl (C=O) groups excluding carboxylic acids is 1. The number of ether oxygens (including phenoxy) is 1. The number of pyridine rings is 1. The predicted molar refractivity (Wildman–Crippen MR) is 67.0 cm³/mol. The van der Waals surface area contributed by atoms with Gasteiger partial charge in [0.05, 0.1) is 12.1 Å². The third kappa shape index (κ3) is 2.95. The van der Waals surface area contributed by atoms with Gasteiger partial charge >= 0.3 is 6.09 Å². The van der Waals surface area contributed by atoms with Gasteiger partial charge in [-0.15, -0.1) is 0 Å². The van der Waals surface area contributed by atoms with E-state index in [2.05, 4.69) is 10.3 Å². The van der Waals surface area contributed by atoms with Crippen molar-refractivity contribution in [3.8, 4) is 0 Å². The molecule has 0 fully saturated rings. The maximum absolute atomic E-state index is 11.2. The number of fused-ring (bicyclic) bond motifs is 1. The lowest BCUT2D eigenvalue weighted by molar-refractivity contribution is 0.119. The summed E-state index contributed by atoms with van der Waals surface area (Å²) in [5, 5.41) is 12.2. The van der Waals surface area contributed by atoms with Crippen LogP contribution < -0.4 is 5.32 Å². The number of para-hydroxylation sites is 1. The monoisotopic (exact) mass is 246 g/mol. The molecule has 94 valence electrons. The van der Waals surface area contributed by atoms with Gasteiger partial charge in [0.25, 0.3) is 0 Å². The Bertz CT molecular complexity index is 537. The third-order valence-electron chi connectivity index (χ3n) is 2.46. The van der Waals surface area contributed by atoms with E-state index in [1.54, 1.807) is 6.20 Å². The van der Waals surface area contributed by atoms with Crippen LogP contribution in [0.15, 0.2) is 36.5 Å². The van der Waals surface area contributed by atoms with Crippen molar-refractivity contribution in [2.45, 2.75) is 6.54 Å². The number of benzene rings is 1. The first kappa shape index (κ1) is 12.3. The first-order chi connectivity index (χ1) is 8.81. The third-order valence-corrected chi connectivity index (χ3v) is 2.46. The van der Waals surface area contributed by atoms with Gasteiger partial charge in [-0.1, -0.05) is 24.3 Å². The minimum Gasteiger partial charge on any atom is -0.447 e. The van der Waals surface area contributed by atoms with Crippen molar-refractivity contribution in [3.63, 3.8) is 0 Å². The normalized spacial score (nSPS) is 10.3. The molecule has 0 aliphatic carbocycles. The van der Waals surface area contributed by atoms with Crippen molar-refractivity contribution in [1.29, 1.82) is 0 Å². The SMILES string of the molecule is O=C(NCc1cccc2cccnc12)OCCO. The van der Waals surface area contributed by atoms with Crippen molar-refractivity contribution in [2.75, 3.05) is 13.2 Å². The number of hydrogen-bond donors (Lipinski definition) is 2. The Balaban J connectivity index is 2.05. The summed E-state index contributed by atoms with van der Waals surface area (Å²) in [6.07, 6.45) is 1.17. The van der Waals surface area contributed by atoms with Gasteiger partial charge in [-0.2, -0.15) is 0 Å². The molecule has 1 aromatic heterocycles. The fourth-order valence-electron chi connectivity index (χ4n) is 1.67. The van der Waals surface area contributed by atoms with Gasteiger partial charge in [0, 0.05) is 18.1 Å². The fraction of sp³-hybridized carbons (Fsp3) is 0.231. The molecule has 0 spiro atoms. The van der Waals surface area contributed by atoms with E-state index in [0.29, 0.717) is 6.54 Å². The van der Waals surface area contributed by atoms with Crippen molar-refractivity contribution in [3.05, 3.63) is 42.1 Å². The largest absolute Gasteiger partial charge is 0.447 e. The van der Waals surface area contributed by atoms with Gasteiger partial charge in [0.2, 0.25) is 0 Å². The Morgan fingerprint density at radius 2 is 2.17 bits per heavy atom. The number of amides is 1. The zero-order chi connectivity index (χ0) is 12.8. The maximum atomic E-state index is 11.2. The number of rotatable bonds is 4. The molecule has 0 aliphatic rings. The van der Waals surface area contributed by atoms with Gasteiger partial charge in [0.15, 0.2) is 0 Å². The number of aliphatic hydroxyl groups is 1. The standard InChI is InChI=1S/C13H14N2O3/c16-7-8-18-13(17)15-9-11-4-1-3-10-5-2-6-14-12(10)11/h1-6,16H,7-9H2,(H,15,17). The summed E-state index contributed by atoms with van der Waals surface area (Å²) in [4.78, 5) is 15.5. The Kier molecular flexibility index (Phi) is 4.09. The first-order valence-electron chi connectivity index (χ1n) is 5.65. The maximum Gasteiger partial charge on any atom is 0.407 e. The lowest BCUT2D eigenvalue weighted by Gasteiger charge is -2.07. The summed E-state index contributed by atoms with van der Waals surface area (Å²) < 4.78 is 4.70. The van der Waals surface area contributed by atoms with Crippen molar-refractivity contribution >= 4 is 17.0 Å². The number of carbonyl (C=O) groups is 1. The number of nitrogens with zero attached hydrogens (tertiary/aromatic N) is 1. The second-order valence-corrected chi connectivity index (χ2v) is 3.71. The van der Waals surface area contributed by atoms with Gasteiger partial charge in [-0.05, 0) is 11.6 Å².